The first kappa shape index (κ1) is 16.9. The Balaban J connectivity index is 1.55. The van der Waals surface area contributed by atoms with Crippen LogP contribution >= 0.6 is 0 Å². The molecule has 2 aromatic rings. The molecule has 0 bridgehead atoms. The number of ether oxygens (including phenoxy) is 1. The molecule has 24 heavy (non-hydrogen) atoms. The fourth-order valence-corrected chi connectivity index (χ4v) is 3.02. The summed E-state index contributed by atoms with van der Waals surface area (Å²) in [6, 6.07) is 5.38. The zero-order valence-electron chi connectivity index (χ0n) is 14.2. The minimum atomic E-state index is -0.0660. The molecule has 1 aliphatic heterocycles. The highest BCUT2D eigenvalue weighted by molar-refractivity contribution is 5.97. The highest BCUT2D eigenvalue weighted by Gasteiger charge is 2.12. The number of rotatable bonds is 7. The maximum absolute atomic E-state index is 12.3. The molecule has 1 N–H and O–H groups in total. The van der Waals surface area contributed by atoms with E-state index in [-0.39, 0.29) is 5.91 Å². The zero-order chi connectivity index (χ0) is 16.8. The van der Waals surface area contributed by atoms with Crippen LogP contribution in [0.15, 0.2) is 22.6 Å². The van der Waals surface area contributed by atoms with Crippen molar-refractivity contribution in [2.45, 2.75) is 25.7 Å². The maximum Gasteiger partial charge on any atom is 0.251 e. The summed E-state index contributed by atoms with van der Waals surface area (Å²) in [7, 11) is 1.65. The number of oxazole rings is 1. The molecule has 6 heteroatoms. The minimum absolute atomic E-state index is 0.0660. The number of hydrogen-bond acceptors (Lipinski definition) is 5. The van der Waals surface area contributed by atoms with Gasteiger partial charge in [0.2, 0.25) is 0 Å². The van der Waals surface area contributed by atoms with Gasteiger partial charge in [-0.15, -0.1) is 0 Å². The van der Waals surface area contributed by atoms with Crippen LogP contribution in [0.5, 0.6) is 0 Å². The standard InChI is InChI=1S/C18H25N3O3/c1-23-12-7-17-20-15-6-5-14(13-16(15)24-17)18(22)19-8-11-21-9-3-2-4-10-21/h5-6,13H,2-4,7-12H2,1H3,(H,19,22). The third-order valence-electron chi connectivity index (χ3n) is 4.38. The van der Waals surface area contributed by atoms with E-state index < -0.39 is 0 Å². The summed E-state index contributed by atoms with van der Waals surface area (Å²) in [4.78, 5) is 19.1. The summed E-state index contributed by atoms with van der Waals surface area (Å²) < 4.78 is 10.7. The van der Waals surface area contributed by atoms with Gasteiger partial charge >= 0.3 is 0 Å². The molecule has 3 rings (SSSR count). The Morgan fingerprint density at radius 3 is 2.96 bits per heavy atom. The number of piperidine rings is 1. The summed E-state index contributed by atoms with van der Waals surface area (Å²) in [6.07, 6.45) is 4.48. The fourth-order valence-electron chi connectivity index (χ4n) is 3.02. The van der Waals surface area contributed by atoms with Gasteiger partial charge in [-0.3, -0.25) is 4.79 Å². The highest BCUT2D eigenvalue weighted by Crippen LogP contribution is 2.18. The fraction of sp³-hybridized carbons (Fsp3) is 0.556. The molecule has 0 unspecified atom stereocenters. The van der Waals surface area contributed by atoms with Gasteiger partial charge in [-0.2, -0.15) is 0 Å². The Hall–Kier alpha value is -1.92. The van der Waals surface area contributed by atoms with E-state index in [1.165, 1.54) is 19.3 Å². The van der Waals surface area contributed by atoms with Gasteiger partial charge in [0, 0.05) is 32.2 Å². The van der Waals surface area contributed by atoms with Crippen LogP contribution in [0.2, 0.25) is 0 Å². The molecule has 6 nitrogen and oxygen atoms in total. The van der Waals surface area contributed by atoms with E-state index in [0.717, 1.165) is 25.2 Å². The van der Waals surface area contributed by atoms with Gasteiger partial charge < -0.3 is 19.4 Å². The van der Waals surface area contributed by atoms with Gasteiger partial charge in [-0.1, -0.05) is 6.42 Å². The van der Waals surface area contributed by atoms with Crippen molar-refractivity contribution in [2.24, 2.45) is 0 Å². The molecule has 0 spiro atoms. The second-order valence-corrected chi connectivity index (χ2v) is 6.19. The molecule has 1 aliphatic rings. The first-order valence-corrected chi connectivity index (χ1v) is 8.65. The molecule has 1 aromatic carbocycles. The molecular weight excluding hydrogens is 306 g/mol. The third-order valence-corrected chi connectivity index (χ3v) is 4.38. The van der Waals surface area contributed by atoms with E-state index in [2.05, 4.69) is 15.2 Å². The van der Waals surface area contributed by atoms with Crippen LogP contribution in [-0.4, -0.2) is 55.7 Å². The molecule has 0 radical (unpaired) electrons. The van der Waals surface area contributed by atoms with Crippen LogP contribution in [-0.2, 0) is 11.2 Å². The number of carbonyl (C=O) groups excluding carboxylic acids is 1. The Labute approximate surface area is 142 Å². The Morgan fingerprint density at radius 2 is 2.17 bits per heavy atom. The van der Waals surface area contributed by atoms with Crippen LogP contribution in [0, 0.1) is 0 Å². The lowest BCUT2D eigenvalue weighted by atomic mass is 10.1. The number of methoxy groups -OCH3 is 1. The number of amides is 1. The predicted molar refractivity (Wildman–Crippen MR) is 92.2 cm³/mol. The molecule has 1 aromatic heterocycles. The molecule has 0 saturated carbocycles. The normalized spacial score (nSPS) is 15.7. The second-order valence-electron chi connectivity index (χ2n) is 6.19. The van der Waals surface area contributed by atoms with E-state index in [9.17, 15) is 4.79 Å². The third kappa shape index (κ3) is 4.33. The van der Waals surface area contributed by atoms with Crippen molar-refractivity contribution in [3.8, 4) is 0 Å². The van der Waals surface area contributed by atoms with Crippen molar-refractivity contribution >= 4 is 17.0 Å². The summed E-state index contributed by atoms with van der Waals surface area (Å²) in [6.45, 7) is 4.44. The van der Waals surface area contributed by atoms with Crippen molar-refractivity contribution in [1.82, 2.24) is 15.2 Å². The highest BCUT2D eigenvalue weighted by atomic mass is 16.5. The number of aromatic nitrogens is 1. The average Bonchev–Trinajstić information content (AvgIpc) is 3.02. The largest absolute Gasteiger partial charge is 0.441 e. The lowest BCUT2D eigenvalue weighted by Crippen LogP contribution is -2.37. The lowest BCUT2D eigenvalue weighted by Gasteiger charge is -2.26. The Morgan fingerprint density at radius 1 is 1.33 bits per heavy atom. The molecule has 1 fully saturated rings. The Bertz CT molecular complexity index is 677. The molecule has 2 heterocycles. The van der Waals surface area contributed by atoms with Crippen molar-refractivity contribution in [1.29, 1.82) is 0 Å². The molecule has 1 amide bonds. The molecule has 0 aliphatic carbocycles. The van der Waals surface area contributed by atoms with Crippen molar-refractivity contribution in [3.05, 3.63) is 29.7 Å². The van der Waals surface area contributed by atoms with Crippen molar-refractivity contribution in [2.75, 3.05) is 39.9 Å². The number of nitrogens with one attached hydrogen (secondary N) is 1. The van der Waals surface area contributed by atoms with Gasteiger partial charge in [0.15, 0.2) is 11.5 Å². The molecule has 0 atom stereocenters. The number of benzene rings is 1. The van der Waals surface area contributed by atoms with Gasteiger partial charge in [-0.05, 0) is 44.1 Å². The second kappa shape index (κ2) is 8.26. The number of fused-ring (bicyclic) bond motifs is 1. The summed E-state index contributed by atoms with van der Waals surface area (Å²) in [5, 5.41) is 2.99. The topological polar surface area (TPSA) is 67.6 Å². The van der Waals surface area contributed by atoms with Crippen LogP contribution in [0.4, 0.5) is 0 Å². The Kier molecular flexibility index (Phi) is 5.82. The van der Waals surface area contributed by atoms with Gasteiger partial charge in [0.1, 0.15) is 5.52 Å². The van der Waals surface area contributed by atoms with Gasteiger partial charge in [-0.25, -0.2) is 4.98 Å². The van der Waals surface area contributed by atoms with E-state index in [1.807, 2.05) is 6.07 Å². The number of carbonyl (C=O) groups is 1. The zero-order valence-corrected chi connectivity index (χ0v) is 14.2. The van der Waals surface area contributed by atoms with E-state index in [4.69, 9.17) is 9.15 Å². The number of likely N-dealkylation sites (tertiary alicyclic amines) is 1. The van der Waals surface area contributed by atoms with E-state index in [0.29, 0.717) is 36.6 Å². The predicted octanol–water partition coefficient (Wildman–Crippen LogP) is 2.23. The first-order chi connectivity index (χ1) is 11.8. The smallest absolute Gasteiger partial charge is 0.251 e. The molecule has 130 valence electrons. The summed E-state index contributed by atoms with van der Waals surface area (Å²) in [5.74, 6) is 0.568. The lowest BCUT2D eigenvalue weighted by molar-refractivity contribution is 0.0946. The van der Waals surface area contributed by atoms with Crippen LogP contribution in [0.3, 0.4) is 0 Å². The SMILES string of the molecule is COCCc1nc2ccc(C(=O)NCCN3CCCCC3)cc2o1. The van der Waals surface area contributed by atoms with Crippen LogP contribution < -0.4 is 5.32 Å². The summed E-state index contributed by atoms with van der Waals surface area (Å²) >= 11 is 0. The number of hydrogen-bond donors (Lipinski definition) is 1. The van der Waals surface area contributed by atoms with Crippen LogP contribution in [0.1, 0.15) is 35.5 Å². The van der Waals surface area contributed by atoms with Crippen molar-refractivity contribution in [3.63, 3.8) is 0 Å². The quantitative estimate of drug-likeness (QED) is 0.843. The average molecular weight is 331 g/mol. The monoisotopic (exact) mass is 331 g/mol. The first-order valence-electron chi connectivity index (χ1n) is 8.65. The van der Waals surface area contributed by atoms with Gasteiger partial charge in [0.05, 0.1) is 6.61 Å². The molecule has 1 saturated heterocycles. The maximum atomic E-state index is 12.3. The minimum Gasteiger partial charge on any atom is -0.441 e. The van der Waals surface area contributed by atoms with E-state index in [1.54, 1.807) is 19.2 Å². The molecular formula is C18H25N3O3. The number of nitrogens with zero attached hydrogens (tertiary/aromatic N) is 2. The van der Waals surface area contributed by atoms with Gasteiger partial charge in [0.25, 0.3) is 5.91 Å². The van der Waals surface area contributed by atoms with E-state index >= 15 is 0 Å². The van der Waals surface area contributed by atoms with Crippen molar-refractivity contribution < 1.29 is 13.9 Å². The summed E-state index contributed by atoms with van der Waals surface area (Å²) in [5.41, 5.74) is 2.02. The van der Waals surface area contributed by atoms with Crippen LogP contribution in [0.25, 0.3) is 11.1 Å².